The molecule has 0 aliphatic heterocycles. The minimum Gasteiger partial charge on any atom is -0.273 e. The number of H-pyrrole nitrogens is 2. The molecule has 6 heteroatoms. The van der Waals surface area contributed by atoms with Gasteiger partial charge in [0.25, 0.3) is 0 Å². The number of benzene rings is 1. The third-order valence-electron chi connectivity index (χ3n) is 2.02. The number of allylic oxidation sites excluding steroid dienone is 1. The fraction of sp³-hybridized carbons (Fsp3) is 0. The van der Waals surface area contributed by atoms with Crippen LogP contribution in [-0.2, 0) is 0 Å². The highest BCUT2D eigenvalue weighted by atomic mass is 32.1. The summed E-state index contributed by atoms with van der Waals surface area (Å²) < 4.78 is 2.33. The smallest absolute Gasteiger partial charge is 0.215 e. The molecule has 0 aliphatic carbocycles. The number of hydrogen-bond acceptors (Lipinski definition) is 3. The normalized spacial score (nSPS) is 11.5. The highest BCUT2D eigenvalue weighted by Gasteiger charge is 1.90. The number of aromatic amines is 2. The van der Waals surface area contributed by atoms with Crippen LogP contribution < -0.4 is 0 Å². The maximum Gasteiger partial charge on any atom is 0.215 e. The molecular formula is C11H10N4S2. The minimum absolute atomic E-state index is 0.444. The summed E-state index contributed by atoms with van der Waals surface area (Å²) in [5.74, 6) is 0. The Morgan fingerprint density at radius 1 is 1.06 bits per heavy atom. The Morgan fingerprint density at radius 2 is 1.71 bits per heavy atom. The van der Waals surface area contributed by atoms with Gasteiger partial charge in [0.1, 0.15) is 0 Å². The molecule has 0 spiro atoms. The third kappa shape index (κ3) is 3.08. The van der Waals surface area contributed by atoms with Gasteiger partial charge in [0, 0.05) is 6.21 Å². The lowest BCUT2D eigenvalue weighted by Crippen LogP contribution is -1.87. The minimum atomic E-state index is 0.444. The fourth-order valence-electron chi connectivity index (χ4n) is 1.23. The van der Waals surface area contributed by atoms with Gasteiger partial charge >= 0.3 is 0 Å². The van der Waals surface area contributed by atoms with Crippen LogP contribution in [0.2, 0.25) is 0 Å². The van der Waals surface area contributed by atoms with Crippen molar-refractivity contribution in [1.82, 2.24) is 14.9 Å². The van der Waals surface area contributed by atoms with E-state index in [0.717, 1.165) is 5.56 Å². The van der Waals surface area contributed by atoms with Crippen LogP contribution in [0.4, 0.5) is 0 Å². The molecule has 1 aromatic heterocycles. The molecule has 2 rings (SSSR count). The van der Waals surface area contributed by atoms with Gasteiger partial charge in [0.15, 0.2) is 0 Å². The zero-order valence-corrected chi connectivity index (χ0v) is 10.5. The van der Waals surface area contributed by atoms with Gasteiger partial charge in [-0.1, -0.05) is 36.4 Å². The van der Waals surface area contributed by atoms with Crippen molar-refractivity contribution < 1.29 is 0 Å². The lowest BCUT2D eigenvalue weighted by atomic mass is 10.2. The lowest BCUT2D eigenvalue weighted by molar-refractivity contribution is 0.849. The van der Waals surface area contributed by atoms with E-state index in [9.17, 15) is 0 Å². The molecule has 0 saturated carbocycles. The molecule has 0 unspecified atom stereocenters. The van der Waals surface area contributed by atoms with E-state index >= 15 is 0 Å². The number of aromatic nitrogens is 3. The summed E-state index contributed by atoms with van der Waals surface area (Å²) in [5, 5.41) is 9.53. The average molecular weight is 262 g/mol. The van der Waals surface area contributed by atoms with Gasteiger partial charge in [-0.3, -0.25) is 10.2 Å². The van der Waals surface area contributed by atoms with Crippen LogP contribution in [0.3, 0.4) is 0 Å². The van der Waals surface area contributed by atoms with E-state index in [-0.39, 0.29) is 0 Å². The fourth-order valence-corrected chi connectivity index (χ4v) is 1.67. The van der Waals surface area contributed by atoms with Crippen molar-refractivity contribution in [2.24, 2.45) is 5.10 Å². The zero-order valence-electron chi connectivity index (χ0n) is 8.83. The molecule has 0 saturated heterocycles. The second-order valence-electron chi connectivity index (χ2n) is 3.21. The number of hydrogen-bond donors (Lipinski definition) is 2. The first-order valence-electron chi connectivity index (χ1n) is 4.93. The van der Waals surface area contributed by atoms with Crippen molar-refractivity contribution in [1.29, 1.82) is 0 Å². The molecule has 0 bridgehead atoms. The highest BCUT2D eigenvalue weighted by molar-refractivity contribution is 7.72. The van der Waals surface area contributed by atoms with Crippen molar-refractivity contribution in [3.05, 3.63) is 51.5 Å². The maximum atomic E-state index is 4.99. The molecule has 0 aliphatic rings. The van der Waals surface area contributed by atoms with Crippen LogP contribution in [0.25, 0.3) is 6.08 Å². The number of rotatable bonds is 3. The van der Waals surface area contributed by atoms with Gasteiger partial charge in [-0.2, -0.15) is 9.78 Å². The quantitative estimate of drug-likeness (QED) is 0.659. The number of nitrogens with one attached hydrogen (secondary N) is 2. The van der Waals surface area contributed by atoms with Crippen LogP contribution >= 0.6 is 24.4 Å². The van der Waals surface area contributed by atoms with E-state index in [4.69, 9.17) is 24.4 Å². The maximum absolute atomic E-state index is 4.99. The van der Waals surface area contributed by atoms with E-state index in [2.05, 4.69) is 15.3 Å². The Hall–Kier alpha value is -1.79. The summed E-state index contributed by atoms with van der Waals surface area (Å²) in [6, 6.07) is 9.96. The summed E-state index contributed by atoms with van der Waals surface area (Å²) >= 11 is 9.98. The predicted octanol–water partition coefficient (Wildman–Crippen LogP) is 3.15. The molecule has 1 heterocycles. The summed E-state index contributed by atoms with van der Waals surface area (Å²) in [5.41, 5.74) is 1.11. The van der Waals surface area contributed by atoms with Crippen LogP contribution in [-0.4, -0.2) is 21.1 Å². The Kier molecular flexibility index (Phi) is 3.79. The second kappa shape index (κ2) is 5.51. The first-order valence-corrected chi connectivity index (χ1v) is 5.75. The average Bonchev–Trinajstić information content (AvgIpc) is 2.67. The van der Waals surface area contributed by atoms with Gasteiger partial charge in [-0.05, 0) is 36.1 Å². The molecule has 1 aromatic carbocycles. The Labute approximate surface area is 108 Å². The van der Waals surface area contributed by atoms with Gasteiger partial charge in [0.2, 0.25) is 9.54 Å². The van der Waals surface area contributed by atoms with Gasteiger partial charge in [0.05, 0.1) is 0 Å². The van der Waals surface area contributed by atoms with Crippen molar-refractivity contribution in [3.8, 4) is 0 Å². The van der Waals surface area contributed by atoms with Crippen molar-refractivity contribution >= 4 is 36.7 Å². The van der Waals surface area contributed by atoms with Crippen LogP contribution in [0.1, 0.15) is 5.56 Å². The Morgan fingerprint density at radius 3 is 2.35 bits per heavy atom. The van der Waals surface area contributed by atoms with E-state index in [1.54, 1.807) is 6.21 Å². The van der Waals surface area contributed by atoms with Crippen LogP contribution in [0.15, 0.2) is 41.5 Å². The summed E-state index contributed by atoms with van der Waals surface area (Å²) in [4.78, 5) is 0. The highest BCUT2D eigenvalue weighted by Crippen LogP contribution is 1.99. The van der Waals surface area contributed by atoms with Crippen LogP contribution in [0.5, 0.6) is 0 Å². The number of nitrogens with zero attached hydrogens (tertiary/aromatic N) is 2. The molecular weight excluding hydrogens is 252 g/mol. The molecule has 17 heavy (non-hydrogen) atoms. The molecule has 0 amide bonds. The van der Waals surface area contributed by atoms with Gasteiger partial charge < -0.3 is 0 Å². The first-order chi connectivity index (χ1) is 8.27. The van der Waals surface area contributed by atoms with E-state index in [1.807, 2.05) is 42.5 Å². The first kappa shape index (κ1) is 11.7. The van der Waals surface area contributed by atoms with E-state index in [0.29, 0.717) is 9.54 Å². The van der Waals surface area contributed by atoms with Gasteiger partial charge in [-0.25, -0.2) is 0 Å². The Balaban J connectivity index is 2.11. The monoisotopic (exact) mass is 262 g/mol. The summed E-state index contributed by atoms with van der Waals surface area (Å²) in [7, 11) is 0. The summed E-state index contributed by atoms with van der Waals surface area (Å²) in [6.07, 6.45) is 5.42. The zero-order chi connectivity index (χ0) is 12.1. The van der Waals surface area contributed by atoms with Crippen LogP contribution in [0, 0.1) is 9.54 Å². The molecule has 0 atom stereocenters. The van der Waals surface area contributed by atoms with E-state index < -0.39 is 0 Å². The standard InChI is InChI=1S/C11H10N4S2/c16-10-13-14-11(17)15(10)12-8-4-7-9-5-2-1-3-6-9/h1-8H,(H,13,16)(H,14,17)/b7-4+,12-8-. The van der Waals surface area contributed by atoms with E-state index in [1.165, 1.54) is 4.68 Å². The molecule has 2 aromatic rings. The SMILES string of the molecule is S=c1[nH][nH]c(=S)n1/N=C\C=C\c1ccccc1. The third-order valence-corrected chi connectivity index (χ3v) is 2.57. The van der Waals surface area contributed by atoms with Crippen molar-refractivity contribution in [2.45, 2.75) is 0 Å². The molecule has 4 nitrogen and oxygen atoms in total. The van der Waals surface area contributed by atoms with Crippen molar-refractivity contribution in [3.63, 3.8) is 0 Å². The van der Waals surface area contributed by atoms with Gasteiger partial charge in [-0.15, -0.1) is 0 Å². The Bertz CT molecular complexity index is 618. The van der Waals surface area contributed by atoms with Crippen molar-refractivity contribution in [2.75, 3.05) is 0 Å². The lowest BCUT2D eigenvalue weighted by Gasteiger charge is -1.89. The molecule has 0 radical (unpaired) electrons. The summed E-state index contributed by atoms with van der Waals surface area (Å²) in [6.45, 7) is 0. The largest absolute Gasteiger partial charge is 0.273 e. The second-order valence-corrected chi connectivity index (χ2v) is 3.98. The molecule has 0 fully saturated rings. The predicted molar refractivity (Wildman–Crippen MR) is 74.2 cm³/mol. The topological polar surface area (TPSA) is 48.9 Å². The molecule has 2 N–H and O–H groups in total. The molecule has 86 valence electrons.